The quantitative estimate of drug-likeness (QED) is 0.709. The minimum atomic E-state index is -0.484. The van der Waals surface area contributed by atoms with Crippen LogP contribution in [0.25, 0.3) is 0 Å². The lowest BCUT2D eigenvalue weighted by Gasteiger charge is -2.33. The predicted molar refractivity (Wildman–Crippen MR) is 81.7 cm³/mol. The highest BCUT2D eigenvalue weighted by Crippen LogP contribution is 2.28. The van der Waals surface area contributed by atoms with Gasteiger partial charge in [-0.25, -0.2) is 9.78 Å². The summed E-state index contributed by atoms with van der Waals surface area (Å²) >= 11 is 3.10. The molecule has 0 atom stereocenters. The molecular formula is C15H20BrFN2O2. The van der Waals surface area contributed by atoms with Crippen molar-refractivity contribution in [1.29, 1.82) is 0 Å². The van der Waals surface area contributed by atoms with Gasteiger partial charge in [-0.3, -0.25) is 0 Å². The van der Waals surface area contributed by atoms with Gasteiger partial charge in [0.1, 0.15) is 5.60 Å². The van der Waals surface area contributed by atoms with Gasteiger partial charge in [0.25, 0.3) is 0 Å². The van der Waals surface area contributed by atoms with Gasteiger partial charge in [0.05, 0.1) is 4.47 Å². The van der Waals surface area contributed by atoms with Crippen LogP contribution >= 0.6 is 15.9 Å². The largest absolute Gasteiger partial charge is 0.444 e. The van der Waals surface area contributed by atoms with E-state index in [2.05, 4.69) is 20.9 Å². The third kappa shape index (κ3) is 4.40. The Bertz CT molecular complexity index is 523. The van der Waals surface area contributed by atoms with E-state index in [9.17, 15) is 9.18 Å². The van der Waals surface area contributed by atoms with Crippen molar-refractivity contribution in [2.75, 3.05) is 13.1 Å². The molecule has 116 valence electrons. The number of ether oxygens (including phenoxy) is 1. The first-order valence-electron chi connectivity index (χ1n) is 7.06. The van der Waals surface area contributed by atoms with Gasteiger partial charge in [-0.15, -0.1) is 0 Å². The Morgan fingerprint density at radius 2 is 2.00 bits per heavy atom. The lowest BCUT2D eigenvalue weighted by molar-refractivity contribution is 0.0204. The summed E-state index contributed by atoms with van der Waals surface area (Å²) in [6.07, 6.45) is 1.26. The molecular weight excluding hydrogens is 339 g/mol. The van der Waals surface area contributed by atoms with E-state index in [4.69, 9.17) is 4.74 Å². The molecule has 0 aromatic carbocycles. The topological polar surface area (TPSA) is 42.4 Å². The molecule has 6 heteroatoms. The number of hydrogen-bond acceptors (Lipinski definition) is 3. The molecule has 21 heavy (non-hydrogen) atoms. The van der Waals surface area contributed by atoms with Crippen LogP contribution in [0.15, 0.2) is 16.6 Å². The van der Waals surface area contributed by atoms with Crippen molar-refractivity contribution in [3.05, 3.63) is 28.2 Å². The molecule has 1 aromatic rings. The number of carbonyl (C=O) groups excluding carboxylic acids is 1. The minimum Gasteiger partial charge on any atom is -0.444 e. The molecule has 0 unspecified atom stereocenters. The Hall–Kier alpha value is -1.17. The summed E-state index contributed by atoms with van der Waals surface area (Å²) in [4.78, 5) is 17.7. The molecule has 1 saturated heterocycles. The van der Waals surface area contributed by atoms with Crippen molar-refractivity contribution in [1.82, 2.24) is 9.88 Å². The summed E-state index contributed by atoms with van der Waals surface area (Å²) < 4.78 is 19.2. The fraction of sp³-hybridized carbons (Fsp3) is 0.600. The summed E-state index contributed by atoms with van der Waals surface area (Å²) in [5, 5.41) is 0. The number of hydrogen-bond donors (Lipinski definition) is 0. The van der Waals surface area contributed by atoms with E-state index >= 15 is 0 Å². The Morgan fingerprint density at radius 3 is 2.52 bits per heavy atom. The first-order valence-corrected chi connectivity index (χ1v) is 7.85. The van der Waals surface area contributed by atoms with Crippen LogP contribution in [-0.4, -0.2) is 34.7 Å². The molecule has 2 heterocycles. The number of aromatic nitrogens is 1. The zero-order chi connectivity index (χ0) is 15.6. The zero-order valence-electron chi connectivity index (χ0n) is 12.5. The lowest BCUT2D eigenvalue weighted by Crippen LogP contribution is -2.41. The molecule has 2 rings (SSSR count). The summed E-state index contributed by atoms with van der Waals surface area (Å²) in [7, 11) is 0. The van der Waals surface area contributed by atoms with E-state index in [-0.39, 0.29) is 12.0 Å². The van der Waals surface area contributed by atoms with Crippen LogP contribution in [0.5, 0.6) is 0 Å². The van der Waals surface area contributed by atoms with E-state index in [0.29, 0.717) is 17.6 Å². The minimum absolute atomic E-state index is 0.186. The fourth-order valence-electron chi connectivity index (χ4n) is 2.34. The Kier molecular flexibility index (Phi) is 4.86. The van der Waals surface area contributed by atoms with Crippen LogP contribution in [0.4, 0.5) is 9.18 Å². The molecule has 0 N–H and O–H groups in total. The van der Waals surface area contributed by atoms with Gasteiger partial charge in [0.2, 0.25) is 5.95 Å². The van der Waals surface area contributed by atoms with Gasteiger partial charge in [-0.05, 0) is 61.7 Å². The van der Waals surface area contributed by atoms with Crippen molar-refractivity contribution in [3.63, 3.8) is 0 Å². The molecule has 0 radical (unpaired) electrons. The van der Waals surface area contributed by atoms with Gasteiger partial charge in [-0.1, -0.05) is 0 Å². The molecule has 1 aliphatic heterocycles. The summed E-state index contributed by atoms with van der Waals surface area (Å²) in [5.41, 5.74) is 0.268. The molecule has 0 spiro atoms. The van der Waals surface area contributed by atoms with Crippen LogP contribution in [0.2, 0.25) is 0 Å². The second-order valence-electron chi connectivity index (χ2n) is 6.25. The highest BCUT2D eigenvalue weighted by molar-refractivity contribution is 9.10. The number of rotatable bonds is 1. The third-order valence-corrected chi connectivity index (χ3v) is 3.98. The molecule has 0 aliphatic carbocycles. The van der Waals surface area contributed by atoms with E-state index in [0.717, 1.165) is 18.5 Å². The Labute approximate surface area is 132 Å². The van der Waals surface area contributed by atoms with Gasteiger partial charge in [0.15, 0.2) is 0 Å². The van der Waals surface area contributed by atoms with E-state index in [1.54, 1.807) is 11.0 Å². The fourth-order valence-corrected chi connectivity index (χ4v) is 2.56. The van der Waals surface area contributed by atoms with Crippen LogP contribution in [0, 0.1) is 5.95 Å². The normalized spacial score (nSPS) is 16.9. The maximum atomic E-state index is 13.5. The standard InChI is InChI=1S/C15H20BrFN2O2/c1-15(2,3)21-14(20)19-8-6-10(7-9-19)12-5-4-11(16)13(17)18-12/h4-5,10H,6-9H2,1-3H3. The highest BCUT2D eigenvalue weighted by Gasteiger charge is 2.28. The zero-order valence-corrected chi connectivity index (χ0v) is 14.1. The van der Waals surface area contributed by atoms with Crippen LogP contribution in [0.1, 0.15) is 45.2 Å². The highest BCUT2D eigenvalue weighted by atomic mass is 79.9. The van der Waals surface area contributed by atoms with E-state index in [1.165, 1.54) is 0 Å². The van der Waals surface area contributed by atoms with Crippen molar-refractivity contribution in [3.8, 4) is 0 Å². The van der Waals surface area contributed by atoms with Gasteiger partial charge in [-0.2, -0.15) is 4.39 Å². The SMILES string of the molecule is CC(C)(C)OC(=O)N1CCC(c2ccc(Br)c(F)n2)CC1. The number of pyridine rings is 1. The third-order valence-electron chi connectivity index (χ3n) is 3.39. The van der Waals surface area contributed by atoms with E-state index in [1.807, 2.05) is 26.8 Å². The number of halogens is 2. The average molecular weight is 359 g/mol. The number of amides is 1. The molecule has 4 nitrogen and oxygen atoms in total. The molecule has 1 fully saturated rings. The van der Waals surface area contributed by atoms with Crippen LogP contribution in [0.3, 0.4) is 0 Å². The molecule has 1 aromatic heterocycles. The molecule has 0 bridgehead atoms. The summed E-state index contributed by atoms with van der Waals surface area (Å²) in [5.74, 6) is -0.298. The van der Waals surface area contributed by atoms with Gasteiger partial charge >= 0.3 is 6.09 Å². The number of piperidine rings is 1. The van der Waals surface area contributed by atoms with Crippen molar-refractivity contribution >= 4 is 22.0 Å². The first-order chi connectivity index (χ1) is 9.76. The second-order valence-corrected chi connectivity index (χ2v) is 7.10. The number of likely N-dealkylation sites (tertiary alicyclic amines) is 1. The maximum absolute atomic E-state index is 13.5. The number of nitrogens with zero attached hydrogens (tertiary/aromatic N) is 2. The molecule has 0 saturated carbocycles. The van der Waals surface area contributed by atoms with Crippen molar-refractivity contribution < 1.29 is 13.9 Å². The van der Waals surface area contributed by atoms with Crippen molar-refractivity contribution in [2.45, 2.75) is 45.1 Å². The average Bonchev–Trinajstić information content (AvgIpc) is 2.40. The first kappa shape index (κ1) is 16.2. The smallest absolute Gasteiger partial charge is 0.410 e. The second kappa shape index (κ2) is 6.30. The monoisotopic (exact) mass is 358 g/mol. The summed E-state index contributed by atoms with van der Waals surface area (Å²) in [6.45, 7) is 6.78. The van der Waals surface area contributed by atoms with Crippen molar-refractivity contribution in [2.24, 2.45) is 0 Å². The van der Waals surface area contributed by atoms with Gasteiger partial charge in [0, 0.05) is 24.7 Å². The van der Waals surface area contributed by atoms with E-state index < -0.39 is 11.5 Å². The van der Waals surface area contributed by atoms with Crippen LogP contribution < -0.4 is 0 Å². The maximum Gasteiger partial charge on any atom is 0.410 e. The van der Waals surface area contributed by atoms with Gasteiger partial charge < -0.3 is 9.64 Å². The Morgan fingerprint density at radius 1 is 1.38 bits per heavy atom. The summed E-state index contributed by atoms with van der Waals surface area (Å²) in [6, 6.07) is 3.51. The number of carbonyl (C=O) groups is 1. The Balaban J connectivity index is 1.94. The lowest BCUT2D eigenvalue weighted by atomic mass is 9.93. The molecule has 1 aliphatic rings. The van der Waals surface area contributed by atoms with Crippen LogP contribution in [-0.2, 0) is 4.74 Å². The molecule has 1 amide bonds. The predicted octanol–water partition coefficient (Wildman–Crippen LogP) is 4.10.